The van der Waals surface area contributed by atoms with Crippen LogP contribution in [0.15, 0.2) is 48.5 Å². The van der Waals surface area contributed by atoms with Gasteiger partial charge in [-0.05, 0) is 0 Å². The van der Waals surface area contributed by atoms with E-state index in [4.69, 9.17) is 23.2 Å². The van der Waals surface area contributed by atoms with Gasteiger partial charge in [-0.1, -0.05) is 0 Å². The summed E-state index contributed by atoms with van der Waals surface area (Å²) < 4.78 is 52.2. The fraction of sp³-hybridized carbons (Fsp3) is 0. The van der Waals surface area contributed by atoms with Crippen molar-refractivity contribution >= 4 is 38.0 Å². The molecule has 0 spiro atoms. The first-order valence-corrected chi connectivity index (χ1v) is 11.7. The van der Waals surface area contributed by atoms with E-state index in [0.29, 0.717) is 0 Å². The first-order valence-electron chi connectivity index (χ1n) is 5.24. The van der Waals surface area contributed by atoms with Crippen molar-refractivity contribution in [2.24, 2.45) is 0 Å². The Balaban J connectivity index is 0.000000546. The topological polar surface area (TPSA) is 0 Å². The van der Waals surface area contributed by atoms with Crippen molar-refractivity contribution in [3.63, 3.8) is 0 Å². The molecule has 0 aliphatic rings. The zero-order valence-corrected chi connectivity index (χ0v) is 16.0. The van der Waals surface area contributed by atoms with E-state index in [9.17, 15) is 17.3 Å². The van der Waals surface area contributed by atoms with Crippen LogP contribution in [0.4, 0.5) is 17.3 Å². The minimum absolute atomic E-state index is 0. The molecule has 0 amide bonds. The summed E-state index contributed by atoms with van der Waals surface area (Å²) in [5, 5.41) is 1.58. The second-order valence-electron chi connectivity index (χ2n) is 3.61. The third-order valence-corrected chi connectivity index (χ3v) is 5.01. The van der Waals surface area contributed by atoms with E-state index in [1.807, 2.05) is 24.3 Å². The van der Waals surface area contributed by atoms with Crippen LogP contribution in [0.5, 0.6) is 0 Å². The summed E-state index contributed by atoms with van der Waals surface area (Å²) in [7, 11) is 0. The summed E-state index contributed by atoms with van der Waals surface area (Å²) in [4.78, 5) is 0. The van der Waals surface area contributed by atoms with Crippen LogP contribution in [-0.4, -0.2) is 14.8 Å². The maximum absolute atomic E-state index is 9.89. The van der Waals surface area contributed by atoms with Gasteiger partial charge in [0.05, 0.1) is 0 Å². The Kier molecular flexibility index (Phi) is 8.62. The van der Waals surface area contributed by atoms with Crippen LogP contribution in [-0.2, 0) is 0 Å². The molecule has 2 aromatic carbocycles. The van der Waals surface area contributed by atoms with E-state index in [1.54, 1.807) is 0 Å². The van der Waals surface area contributed by atoms with Crippen LogP contribution in [0, 0.1) is 7.14 Å². The quantitative estimate of drug-likeness (QED) is 0.283. The van der Waals surface area contributed by atoms with Crippen molar-refractivity contribution in [2.45, 2.75) is 0 Å². The normalized spacial score (nSPS) is 12.4. The summed E-state index contributed by atoms with van der Waals surface area (Å²) in [5.74, 6) is 0. The van der Waals surface area contributed by atoms with Crippen LogP contribution in [0.2, 0.25) is 10.0 Å². The van der Waals surface area contributed by atoms with Gasteiger partial charge in [0.15, 0.2) is 0 Å². The Morgan fingerprint density at radius 3 is 1.09 bits per heavy atom. The molecule has 0 saturated heterocycles. The minimum Gasteiger partial charge on any atom is -1.00 e. The van der Waals surface area contributed by atoms with Crippen molar-refractivity contribution < 1.29 is 43.2 Å². The summed E-state index contributed by atoms with van der Waals surface area (Å²) in [6, 6.07) is 16.1. The number of hydrogen-bond donors (Lipinski definition) is 0. The largest absolute Gasteiger partial charge is 1.00 e. The van der Waals surface area contributed by atoms with Gasteiger partial charge >= 0.3 is 142 Å². The number of halogens is 9. The molecule has 0 saturated carbocycles. The zero-order chi connectivity index (χ0) is 16.1. The maximum Gasteiger partial charge on any atom is -1.00 e. The maximum atomic E-state index is 9.89. The zero-order valence-electron chi connectivity index (χ0n) is 10.5. The molecule has 22 heavy (non-hydrogen) atoms. The van der Waals surface area contributed by atoms with Gasteiger partial charge in [-0.15, -0.1) is 0 Å². The number of hydrogen-bond acceptors (Lipinski definition) is 0. The standard InChI is InChI=1S/C12H8Cl2I.AsF5.FH/c13-9-1-5-11(6-2-9)15-12-7-3-10(14)4-8-12;2-1(3,4,5)6;/h1-8H;;1H/q-1;;/p-1. The molecular weight excluding hydrogens is 531 g/mol. The van der Waals surface area contributed by atoms with Gasteiger partial charge in [0.1, 0.15) is 0 Å². The Hall–Kier alpha value is -0.112. The van der Waals surface area contributed by atoms with E-state index < -0.39 is 14.8 Å². The molecule has 0 aliphatic heterocycles. The molecule has 0 N–H and O–H groups in total. The molecular formula is C12H8AsCl2F6I-2. The molecule has 0 heterocycles. The van der Waals surface area contributed by atoms with Crippen LogP contribution in [0.25, 0.3) is 0 Å². The number of benzene rings is 2. The summed E-state index contributed by atoms with van der Waals surface area (Å²) in [6.07, 6.45) is 0. The Labute approximate surface area is 146 Å². The Bertz CT molecular complexity index is 523. The second-order valence-corrected chi connectivity index (χ2v) is 10.2. The molecule has 0 bridgehead atoms. The van der Waals surface area contributed by atoms with Gasteiger partial charge < -0.3 is 4.70 Å². The second kappa shape index (κ2) is 8.66. The molecule has 2 rings (SSSR count). The molecule has 0 atom stereocenters. The summed E-state index contributed by atoms with van der Waals surface area (Å²) in [5.41, 5.74) is 0. The molecule has 0 radical (unpaired) electrons. The van der Waals surface area contributed by atoms with E-state index in [-0.39, 0.29) is 25.9 Å². The van der Waals surface area contributed by atoms with Crippen LogP contribution < -0.4 is 25.9 Å². The van der Waals surface area contributed by atoms with Crippen LogP contribution >= 0.6 is 23.2 Å². The molecule has 0 aromatic heterocycles. The van der Waals surface area contributed by atoms with Crippen LogP contribution in [0.3, 0.4) is 0 Å². The molecule has 10 heteroatoms. The van der Waals surface area contributed by atoms with Crippen molar-refractivity contribution in [1.82, 2.24) is 0 Å². The molecule has 2 aromatic rings. The molecule has 0 fully saturated rings. The Morgan fingerprint density at radius 1 is 0.636 bits per heavy atom. The third-order valence-electron chi connectivity index (χ3n) is 1.83. The average Bonchev–Trinajstić information content (AvgIpc) is 2.32. The van der Waals surface area contributed by atoms with Crippen molar-refractivity contribution in [2.75, 3.05) is 0 Å². The van der Waals surface area contributed by atoms with Gasteiger partial charge in [-0.25, -0.2) is 0 Å². The summed E-state index contributed by atoms with van der Waals surface area (Å²) >= 11 is 2.56. The van der Waals surface area contributed by atoms with Gasteiger partial charge in [-0.2, -0.15) is 0 Å². The third kappa shape index (κ3) is 12.4. The van der Waals surface area contributed by atoms with E-state index in [2.05, 4.69) is 24.3 Å². The monoisotopic (exact) mass is 538 g/mol. The minimum atomic E-state index is -8.99. The van der Waals surface area contributed by atoms with Gasteiger partial charge in [0, 0.05) is 0 Å². The molecule has 0 nitrogen and oxygen atoms in total. The van der Waals surface area contributed by atoms with Crippen molar-refractivity contribution in [3.8, 4) is 0 Å². The molecule has 0 unspecified atom stereocenters. The summed E-state index contributed by atoms with van der Waals surface area (Å²) in [6.45, 7) is 0. The van der Waals surface area contributed by atoms with E-state index in [0.717, 1.165) is 10.0 Å². The van der Waals surface area contributed by atoms with Gasteiger partial charge in [-0.3, -0.25) is 0 Å². The fourth-order valence-electron chi connectivity index (χ4n) is 1.11. The van der Waals surface area contributed by atoms with E-state index >= 15 is 0 Å². The molecule has 0 aliphatic carbocycles. The predicted octanol–water partition coefficient (Wildman–Crippen LogP) is -0.154. The first kappa shape index (κ1) is 21.9. The van der Waals surface area contributed by atoms with E-state index in [1.165, 1.54) is 7.14 Å². The predicted molar refractivity (Wildman–Crippen MR) is 71.6 cm³/mol. The fourth-order valence-corrected chi connectivity index (χ4v) is 3.52. The van der Waals surface area contributed by atoms with Crippen LogP contribution in [0.1, 0.15) is 0 Å². The number of rotatable bonds is 2. The average molecular weight is 539 g/mol. The Morgan fingerprint density at radius 2 is 0.864 bits per heavy atom. The van der Waals surface area contributed by atoms with Crippen molar-refractivity contribution in [1.29, 1.82) is 0 Å². The smallest absolute Gasteiger partial charge is 1.00 e. The van der Waals surface area contributed by atoms with Crippen molar-refractivity contribution in [3.05, 3.63) is 65.7 Å². The SMILES string of the molecule is Clc1ccc([I-]c2ccc(Cl)cc2)cc1.F[As](F)(F)(F)F.[F-]. The van der Waals surface area contributed by atoms with Gasteiger partial charge in [0.25, 0.3) is 0 Å². The van der Waals surface area contributed by atoms with Gasteiger partial charge in [0.2, 0.25) is 0 Å². The first-order chi connectivity index (χ1) is 9.47. The molecule has 126 valence electrons.